The highest BCUT2D eigenvalue weighted by molar-refractivity contribution is 9.10. The Balaban J connectivity index is 2.05. The van der Waals surface area contributed by atoms with Crippen LogP contribution in [0.3, 0.4) is 0 Å². The molecule has 0 radical (unpaired) electrons. The zero-order chi connectivity index (χ0) is 11.4. The largest absolute Gasteiger partial charge is 0.315 e. The summed E-state index contributed by atoms with van der Waals surface area (Å²) in [6, 6.07) is 8.87. The molecule has 2 heteroatoms. The first kappa shape index (κ1) is 12.1. The van der Waals surface area contributed by atoms with Crippen LogP contribution in [0.25, 0.3) is 0 Å². The van der Waals surface area contributed by atoms with Crippen molar-refractivity contribution in [1.29, 1.82) is 0 Å². The molecule has 1 fully saturated rings. The first-order valence-corrected chi connectivity index (χ1v) is 7.03. The van der Waals surface area contributed by atoms with Crippen molar-refractivity contribution in [3.05, 3.63) is 34.3 Å². The van der Waals surface area contributed by atoms with Gasteiger partial charge in [0.1, 0.15) is 0 Å². The molecule has 1 heterocycles. The van der Waals surface area contributed by atoms with Crippen LogP contribution in [0.15, 0.2) is 28.7 Å². The highest BCUT2D eigenvalue weighted by Crippen LogP contribution is 2.34. The number of hydrogen-bond donors (Lipinski definition) is 1. The summed E-state index contributed by atoms with van der Waals surface area (Å²) in [5.41, 5.74) is 1.93. The lowest BCUT2D eigenvalue weighted by Gasteiger charge is -2.43. The summed E-state index contributed by atoms with van der Waals surface area (Å²) in [6.45, 7) is 4.57. The van der Waals surface area contributed by atoms with Crippen molar-refractivity contribution in [1.82, 2.24) is 5.32 Å². The Bertz CT molecular complexity index is 327. The third-order valence-electron chi connectivity index (χ3n) is 3.64. The first-order valence-electron chi connectivity index (χ1n) is 6.24. The van der Waals surface area contributed by atoms with E-state index in [1.165, 1.54) is 35.7 Å². The van der Waals surface area contributed by atoms with Gasteiger partial charge in [-0.25, -0.2) is 0 Å². The zero-order valence-corrected chi connectivity index (χ0v) is 11.5. The van der Waals surface area contributed by atoms with Crippen LogP contribution in [0.1, 0.15) is 38.2 Å². The van der Waals surface area contributed by atoms with Gasteiger partial charge in [0.05, 0.1) is 0 Å². The average Bonchev–Trinajstić information content (AvgIpc) is 2.24. The van der Waals surface area contributed by atoms with Crippen LogP contribution >= 0.6 is 15.9 Å². The number of benzene rings is 1. The number of nitrogens with one attached hydrogen (secondary N) is 1. The van der Waals surface area contributed by atoms with Crippen LogP contribution in [0, 0.1) is 0 Å². The average molecular weight is 282 g/mol. The fourth-order valence-corrected chi connectivity index (χ4v) is 2.73. The normalized spacial score (nSPS) is 18.1. The van der Waals surface area contributed by atoms with Crippen molar-refractivity contribution in [2.45, 2.75) is 38.0 Å². The molecule has 0 unspecified atom stereocenters. The maximum Gasteiger partial charge on any atom is 0.0202 e. The minimum Gasteiger partial charge on any atom is -0.315 e. The lowest BCUT2D eigenvalue weighted by molar-refractivity contribution is 0.250. The summed E-state index contributed by atoms with van der Waals surface area (Å²) in [5, 5.41) is 3.43. The Kier molecular flexibility index (Phi) is 4.04. The van der Waals surface area contributed by atoms with E-state index in [0.29, 0.717) is 5.41 Å². The van der Waals surface area contributed by atoms with E-state index in [4.69, 9.17) is 0 Å². The predicted molar refractivity (Wildman–Crippen MR) is 72.8 cm³/mol. The maximum absolute atomic E-state index is 3.50. The van der Waals surface area contributed by atoms with Gasteiger partial charge in [0.25, 0.3) is 0 Å². The van der Waals surface area contributed by atoms with E-state index in [2.05, 4.69) is 52.4 Å². The molecule has 1 aromatic rings. The van der Waals surface area contributed by atoms with Crippen molar-refractivity contribution >= 4 is 15.9 Å². The highest BCUT2D eigenvalue weighted by Gasteiger charge is 2.37. The molecule has 88 valence electrons. The Morgan fingerprint density at radius 2 is 1.88 bits per heavy atom. The molecule has 0 atom stereocenters. The van der Waals surface area contributed by atoms with E-state index in [1.807, 2.05) is 0 Å². The first-order chi connectivity index (χ1) is 7.77. The highest BCUT2D eigenvalue weighted by atomic mass is 79.9. The number of rotatable bonds is 5. The molecule has 1 nitrogen and oxygen atoms in total. The van der Waals surface area contributed by atoms with E-state index >= 15 is 0 Å². The third-order valence-corrected chi connectivity index (χ3v) is 4.17. The SMILES string of the molecule is CCCCCC1(c2ccc(Br)cc2)CNC1. The van der Waals surface area contributed by atoms with Gasteiger partial charge in [-0.3, -0.25) is 0 Å². The molecule has 0 bridgehead atoms. The monoisotopic (exact) mass is 281 g/mol. The number of hydrogen-bond acceptors (Lipinski definition) is 1. The van der Waals surface area contributed by atoms with Gasteiger partial charge in [0.15, 0.2) is 0 Å². The summed E-state index contributed by atoms with van der Waals surface area (Å²) in [4.78, 5) is 0. The van der Waals surface area contributed by atoms with Crippen LogP contribution in [0.5, 0.6) is 0 Å². The number of halogens is 1. The number of unbranched alkanes of at least 4 members (excludes halogenated alkanes) is 2. The van der Waals surface area contributed by atoms with Gasteiger partial charge in [-0.15, -0.1) is 0 Å². The molecular weight excluding hydrogens is 262 g/mol. The zero-order valence-electron chi connectivity index (χ0n) is 9.93. The van der Waals surface area contributed by atoms with Crippen molar-refractivity contribution in [2.75, 3.05) is 13.1 Å². The minimum atomic E-state index is 0.426. The molecule has 0 amide bonds. The van der Waals surface area contributed by atoms with Gasteiger partial charge in [-0.05, 0) is 24.1 Å². The smallest absolute Gasteiger partial charge is 0.0202 e. The summed E-state index contributed by atoms with van der Waals surface area (Å²) in [5.74, 6) is 0. The van der Waals surface area contributed by atoms with Crippen molar-refractivity contribution in [2.24, 2.45) is 0 Å². The van der Waals surface area contributed by atoms with Gasteiger partial charge >= 0.3 is 0 Å². The Morgan fingerprint density at radius 1 is 1.19 bits per heavy atom. The molecule has 0 spiro atoms. The van der Waals surface area contributed by atoms with E-state index in [9.17, 15) is 0 Å². The van der Waals surface area contributed by atoms with E-state index in [0.717, 1.165) is 13.1 Å². The molecule has 0 saturated carbocycles. The van der Waals surface area contributed by atoms with E-state index in [-0.39, 0.29) is 0 Å². The van der Waals surface area contributed by atoms with Crippen molar-refractivity contribution in [3.63, 3.8) is 0 Å². The van der Waals surface area contributed by atoms with Crippen LogP contribution in [0.2, 0.25) is 0 Å². The van der Waals surface area contributed by atoms with E-state index < -0.39 is 0 Å². The minimum absolute atomic E-state index is 0.426. The Morgan fingerprint density at radius 3 is 2.38 bits per heavy atom. The molecule has 1 N–H and O–H groups in total. The lowest BCUT2D eigenvalue weighted by atomic mass is 9.71. The van der Waals surface area contributed by atoms with Gasteiger partial charge in [-0.1, -0.05) is 54.2 Å². The third kappa shape index (κ3) is 2.49. The lowest BCUT2D eigenvalue weighted by Crippen LogP contribution is -2.56. The molecule has 1 aromatic carbocycles. The van der Waals surface area contributed by atoms with Gasteiger partial charge in [0, 0.05) is 23.0 Å². The van der Waals surface area contributed by atoms with Gasteiger partial charge < -0.3 is 5.32 Å². The fraction of sp³-hybridized carbons (Fsp3) is 0.571. The topological polar surface area (TPSA) is 12.0 Å². The molecule has 0 aromatic heterocycles. The quantitative estimate of drug-likeness (QED) is 0.808. The van der Waals surface area contributed by atoms with Gasteiger partial charge in [-0.2, -0.15) is 0 Å². The van der Waals surface area contributed by atoms with Crippen LogP contribution in [-0.4, -0.2) is 13.1 Å². The summed E-state index contributed by atoms with van der Waals surface area (Å²) in [6.07, 6.45) is 5.35. The Hall–Kier alpha value is -0.340. The maximum atomic E-state index is 3.50. The molecule has 16 heavy (non-hydrogen) atoms. The molecule has 2 rings (SSSR count). The second-order valence-corrected chi connectivity index (χ2v) is 5.76. The summed E-state index contributed by atoms with van der Waals surface area (Å²) in [7, 11) is 0. The second-order valence-electron chi connectivity index (χ2n) is 4.85. The van der Waals surface area contributed by atoms with E-state index in [1.54, 1.807) is 0 Å². The van der Waals surface area contributed by atoms with Crippen LogP contribution in [-0.2, 0) is 5.41 Å². The molecular formula is C14H20BrN. The fourth-order valence-electron chi connectivity index (χ4n) is 2.47. The van der Waals surface area contributed by atoms with Gasteiger partial charge in [0.2, 0.25) is 0 Å². The van der Waals surface area contributed by atoms with Crippen molar-refractivity contribution in [3.8, 4) is 0 Å². The van der Waals surface area contributed by atoms with Crippen LogP contribution < -0.4 is 5.32 Å². The molecule has 0 aliphatic carbocycles. The molecule has 1 saturated heterocycles. The van der Waals surface area contributed by atoms with Crippen molar-refractivity contribution < 1.29 is 0 Å². The Labute approximate surface area is 107 Å². The van der Waals surface area contributed by atoms with Crippen LogP contribution in [0.4, 0.5) is 0 Å². The summed E-state index contributed by atoms with van der Waals surface area (Å²) < 4.78 is 1.17. The standard InChI is InChI=1S/C14H20BrN/c1-2-3-4-9-14(10-16-11-14)12-5-7-13(15)8-6-12/h5-8,16H,2-4,9-11H2,1H3. The molecule has 1 aliphatic heterocycles. The summed E-state index contributed by atoms with van der Waals surface area (Å²) >= 11 is 3.50. The molecule has 1 aliphatic rings. The second kappa shape index (κ2) is 5.33. The predicted octanol–water partition coefficient (Wildman–Crippen LogP) is 3.87.